The second-order valence-electron chi connectivity index (χ2n) is 5.02. The molecule has 0 bridgehead atoms. The van der Waals surface area contributed by atoms with Crippen LogP contribution >= 0.6 is 11.8 Å². The van der Waals surface area contributed by atoms with Crippen LogP contribution in [0.15, 0.2) is 0 Å². The van der Waals surface area contributed by atoms with E-state index in [0.29, 0.717) is 6.54 Å². The van der Waals surface area contributed by atoms with Crippen LogP contribution in [0.1, 0.15) is 26.7 Å². The number of nitrogens with one attached hydrogen (secondary N) is 2. The lowest BCUT2D eigenvalue weighted by molar-refractivity contribution is -0.155. The zero-order chi connectivity index (χ0) is 13.8. The first kappa shape index (κ1) is 15.1. The number of carboxylic acid groups (broad SMARTS) is 1. The molecule has 0 aromatic heterocycles. The summed E-state index contributed by atoms with van der Waals surface area (Å²) in [5, 5.41) is 23.2. The van der Waals surface area contributed by atoms with Gasteiger partial charge in [-0.15, -0.1) is 0 Å². The van der Waals surface area contributed by atoms with Crippen LogP contribution in [0.4, 0.5) is 4.79 Å². The summed E-state index contributed by atoms with van der Waals surface area (Å²) in [5.74, 6) is -0.255. The monoisotopic (exact) mass is 276 g/mol. The number of rotatable bonds is 5. The minimum absolute atomic E-state index is 0.0622. The van der Waals surface area contributed by atoms with Crippen molar-refractivity contribution >= 4 is 23.8 Å². The fourth-order valence-corrected chi connectivity index (χ4v) is 2.88. The van der Waals surface area contributed by atoms with Crippen molar-refractivity contribution in [2.75, 3.05) is 18.8 Å². The molecule has 0 aromatic rings. The lowest BCUT2D eigenvalue weighted by atomic mass is 10.1. The van der Waals surface area contributed by atoms with Crippen LogP contribution in [0, 0.1) is 0 Å². The zero-order valence-corrected chi connectivity index (χ0v) is 11.5. The Morgan fingerprint density at radius 1 is 1.44 bits per heavy atom. The lowest BCUT2D eigenvalue weighted by Gasteiger charge is -2.24. The van der Waals surface area contributed by atoms with Crippen molar-refractivity contribution in [3.63, 3.8) is 0 Å². The van der Waals surface area contributed by atoms with E-state index >= 15 is 0 Å². The number of carbonyl (C=O) groups is 2. The van der Waals surface area contributed by atoms with Crippen LogP contribution in [0.25, 0.3) is 0 Å². The van der Waals surface area contributed by atoms with Gasteiger partial charge in [-0.3, -0.25) is 0 Å². The lowest BCUT2D eigenvalue weighted by Crippen LogP contribution is -2.50. The molecule has 1 heterocycles. The fourth-order valence-electron chi connectivity index (χ4n) is 1.63. The Morgan fingerprint density at radius 3 is 2.61 bits per heavy atom. The summed E-state index contributed by atoms with van der Waals surface area (Å²) >= 11 is 1.83. The van der Waals surface area contributed by atoms with Crippen LogP contribution < -0.4 is 10.6 Å². The van der Waals surface area contributed by atoms with Gasteiger partial charge >= 0.3 is 12.0 Å². The number of amides is 2. The van der Waals surface area contributed by atoms with Gasteiger partial charge in [0.2, 0.25) is 0 Å². The molecule has 1 aliphatic heterocycles. The Morgan fingerprint density at radius 2 is 2.11 bits per heavy atom. The van der Waals surface area contributed by atoms with E-state index in [9.17, 15) is 14.7 Å². The van der Waals surface area contributed by atoms with Crippen molar-refractivity contribution in [3.8, 4) is 0 Å². The Kier molecular flexibility index (Phi) is 4.86. The molecule has 2 amide bonds. The maximum Gasteiger partial charge on any atom is 0.337 e. The second kappa shape index (κ2) is 5.79. The van der Waals surface area contributed by atoms with Crippen LogP contribution in [0.2, 0.25) is 0 Å². The first-order chi connectivity index (χ1) is 8.25. The molecule has 6 nitrogen and oxygen atoms in total. The number of hydrogen-bond donors (Lipinski definition) is 4. The zero-order valence-electron chi connectivity index (χ0n) is 10.7. The van der Waals surface area contributed by atoms with E-state index in [1.165, 1.54) is 0 Å². The van der Waals surface area contributed by atoms with Crippen LogP contribution in [0.3, 0.4) is 0 Å². The molecule has 1 fully saturated rings. The normalized spacial score (nSPS) is 26.4. The van der Waals surface area contributed by atoms with Crippen molar-refractivity contribution < 1.29 is 19.8 Å². The summed E-state index contributed by atoms with van der Waals surface area (Å²) in [6.07, 6.45) is 2.21. The highest BCUT2D eigenvalue weighted by Crippen LogP contribution is 2.36. The Hall–Kier alpha value is -0.950. The Labute approximate surface area is 111 Å². The highest BCUT2D eigenvalue weighted by molar-refractivity contribution is 8.00. The van der Waals surface area contributed by atoms with E-state index in [1.807, 2.05) is 11.8 Å². The molecule has 4 N–H and O–H groups in total. The molecule has 0 saturated carbocycles. The second-order valence-corrected chi connectivity index (χ2v) is 6.70. The number of carbonyl (C=O) groups excluding carboxylic acids is 1. The molecule has 1 aliphatic rings. The summed E-state index contributed by atoms with van der Waals surface area (Å²) in [4.78, 5) is 22.1. The summed E-state index contributed by atoms with van der Waals surface area (Å²) < 4.78 is 0.0622. The maximum atomic E-state index is 11.5. The van der Waals surface area contributed by atoms with Gasteiger partial charge in [0.25, 0.3) is 0 Å². The van der Waals surface area contributed by atoms with Gasteiger partial charge in [-0.25, -0.2) is 9.59 Å². The molecule has 7 heteroatoms. The summed E-state index contributed by atoms with van der Waals surface area (Å²) in [5.41, 5.74) is -1.94. The van der Waals surface area contributed by atoms with Gasteiger partial charge in [0.15, 0.2) is 5.60 Å². The van der Waals surface area contributed by atoms with Gasteiger partial charge in [0, 0.05) is 11.3 Å². The first-order valence-electron chi connectivity index (χ1n) is 5.87. The molecule has 0 aliphatic carbocycles. The highest BCUT2D eigenvalue weighted by Gasteiger charge is 2.32. The third-order valence-electron chi connectivity index (χ3n) is 2.98. The third kappa shape index (κ3) is 4.38. The number of aliphatic carboxylic acids is 1. The molecule has 0 aromatic carbocycles. The van der Waals surface area contributed by atoms with Gasteiger partial charge in [0.05, 0.1) is 6.54 Å². The van der Waals surface area contributed by atoms with Gasteiger partial charge in [-0.2, -0.15) is 11.8 Å². The number of carboxylic acids is 1. The van der Waals surface area contributed by atoms with Gasteiger partial charge in [-0.05, 0) is 32.4 Å². The number of hydrogen-bond acceptors (Lipinski definition) is 4. The van der Waals surface area contributed by atoms with Gasteiger partial charge < -0.3 is 20.8 Å². The topological polar surface area (TPSA) is 98.7 Å². The summed E-state index contributed by atoms with van der Waals surface area (Å²) in [6.45, 7) is 3.46. The largest absolute Gasteiger partial charge is 0.479 e. The predicted octanol–water partition coefficient (Wildman–Crippen LogP) is 0.407. The molecule has 0 spiro atoms. The molecule has 1 saturated heterocycles. The van der Waals surface area contributed by atoms with E-state index in [-0.39, 0.29) is 11.3 Å². The van der Waals surface area contributed by atoms with Crippen LogP contribution in [-0.2, 0) is 4.79 Å². The minimum Gasteiger partial charge on any atom is -0.479 e. The fraction of sp³-hybridized carbons (Fsp3) is 0.818. The molecule has 0 radical (unpaired) electrons. The first-order valence-corrected chi connectivity index (χ1v) is 6.85. The van der Waals surface area contributed by atoms with E-state index in [1.54, 1.807) is 0 Å². The highest BCUT2D eigenvalue weighted by atomic mass is 32.2. The average molecular weight is 276 g/mol. The van der Waals surface area contributed by atoms with E-state index in [2.05, 4.69) is 17.6 Å². The van der Waals surface area contributed by atoms with Crippen LogP contribution in [0.5, 0.6) is 0 Å². The SMILES string of the molecule is CC1(CNC(=O)NCC(C)(O)C(=O)O)CCCS1. The molecule has 2 atom stereocenters. The molecule has 2 unspecified atom stereocenters. The molecule has 104 valence electrons. The summed E-state index contributed by atoms with van der Waals surface area (Å²) in [6, 6.07) is -0.453. The van der Waals surface area contributed by atoms with Crippen molar-refractivity contribution in [3.05, 3.63) is 0 Å². The van der Waals surface area contributed by atoms with Crippen molar-refractivity contribution in [1.82, 2.24) is 10.6 Å². The van der Waals surface area contributed by atoms with Gasteiger partial charge in [-0.1, -0.05) is 0 Å². The van der Waals surface area contributed by atoms with Crippen molar-refractivity contribution in [1.29, 1.82) is 0 Å². The number of aliphatic hydroxyl groups is 1. The summed E-state index contributed by atoms with van der Waals surface area (Å²) in [7, 11) is 0. The van der Waals surface area contributed by atoms with Crippen molar-refractivity contribution in [2.45, 2.75) is 37.0 Å². The number of thioether (sulfide) groups is 1. The van der Waals surface area contributed by atoms with Crippen molar-refractivity contribution in [2.24, 2.45) is 0 Å². The van der Waals surface area contributed by atoms with E-state index in [4.69, 9.17) is 5.11 Å². The minimum atomic E-state index is -1.94. The molecular weight excluding hydrogens is 256 g/mol. The average Bonchev–Trinajstić information content (AvgIpc) is 2.71. The third-order valence-corrected chi connectivity index (χ3v) is 4.52. The smallest absolute Gasteiger partial charge is 0.337 e. The van der Waals surface area contributed by atoms with E-state index < -0.39 is 17.6 Å². The molecule has 1 rings (SSSR count). The van der Waals surface area contributed by atoms with Gasteiger partial charge in [0.1, 0.15) is 0 Å². The molecular formula is C11H20N2O4S. The number of urea groups is 1. The van der Waals surface area contributed by atoms with E-state index in [0.717, 1.165) is 25.5 Å². The molecule has 18 heavy (non-hydrogen) atoms. The standard InChI is InChI=1S/C11H20N2O4S/c1-10(4-3-5-18-10)6-12-9(16)13-7-11(2,17)8(14)15/h17H,3-7H2,1-2H3,(H,14,15)(H2,12,13,16). The predicted molar refractivity (Wildman–Crippen MR) is 69.8 cm³/mol. The Balaban J connectivity index is 2.28. The quantitative estimate of drug-likeness (QED) is 0.583. The maximum absolute atomic E-state index is 11.5. The Bertz CT molecular complexity index is 327. The van der Waals surface area contributed by atoms with Crippen LogP contribution in [-0.4, -0.2) is 51.4 Å².